The van der Waals surface area contributed by atoms with E-state index in [-0.39, 0.29) is 11.8 Å². The highest BCUT2D eigenvalue weighted by molar-refractivity contribution is 5.97. The third-order valence-electron chi connectivity index (χ3n) is 5.38. The molecule has 9 heteroatoms. The number of hydrogen-bond acceptors (Lipinski definition) is 7. The molecule has 1 aliphatic carbocycles. The molecule has 2 aliphatic rings. The maximum absolute atomic E-state index is 12.4. The number of anilines is 5. The van der Waals surface area contributed by atoms with E-state index in [4.69, 9.17) is 4.98 Å². The molecule has 0 atom stereocenters. The lowest BCUT2D eigenvalue weighted by Gasteiger charge is -2.30. The number of carbonyl (C=O) groups excluding carboxylic acids is 2. The maximum atomic E-state index is 12.4. The average molecular weight is 395 g/mol. The first-order chi connectivity index (χ1) is 14.0. The van der Waals surface area contributed by atoms with E-state index in [1.54, 1.807) is 36.3 Å². The van der Waals surface area contributed by atoms with Crippen LogP contribution in [-0.4, -0.2) is 46.4 Å². The third-order valence-corrected chi connectivity index (χ3v) is 5.38. The molecule has 0 unspecified atom stereocenters. The van der Waals surface area contributed by atoms with Crippen LogP contribution in [0.25, 0.3) is 0 Å². The molecular weight excluding hydrogens is 370 g/mol. The van der Waals surface area contributed by atoms with Crippen LogP contribution in [-0.2, 0) is 9.59 Å². The number of aromatic nitrogens is 3. The summed E-state index contributed by atoms with van der Waals surface area (Å²) in [6, 6.07) is 5.69. The number of hydrogen-bond donors (Lipinski definition) is 2. The van der Waals surface area contributed by atoms with Crippen LogP contribution >= 0.6 is 0 Å². The first kappa shape index (κ1) is 19.1. The summed E-state index contributed by atoms with van der Waals surface area (Å²) in [4.78, 5) is 41.1. The molecule has 2 aromatic rings. The Balaban J connectivity index is 1.65. The van der Waals surface area contributed by atoms with Crippen LogP contribution in [0.15, 0.2) is 24.4 Å². The largest absolute Gasteiger partial charge is 0.351 e. The first-order valence-electron chi connectivity index (χ1n) is 9.93. The summed E-state index contributed by atoms with van der Waals surface area (Å²) in [6.07, 6.45) is 6.79. The molecule has 0 radical (unpaired) electrons. The van der Waals surface area contributed by atoms with Crippen molar-refractivity contribution in [3.05, 3.63) is 24.4 Å². The van der Waals surface area contributed by atoms with Crippen LogP contribution in [0.1, 0.15) is 39.0 Å². The number of pyridine rings is 1. The molecule has 0 saturated heterocycles. The average Bonchev–Trinajstić information content (AvgIpc) is 3.18. The molecule has 0 spiro atoms. The van der Waals surface area contributed by atoms with E-state index in [1.807, 2.05) is 0 Å². The van der Waals surface area contributed by atoms with Gasteiger partial charge in [0.25, 0.3) is 0 Å². The minimum atomic E-state index is -0.184. The van der Waals surface area contributed by atoms with Gasteiger partial charge in [0.2, 0.25) is 17.8 Å². The normalized spacial score (nSPS) is 17.1. The summed E-state index contributed by atoms with van der Waals surface area (Å²) in [7, 11) is 1.77. The van der Waals surface area contributed by atoms with E-state index in [2.05, 4.69) is 25.5 Å². The molecule has 2 amide bonds. The van der Waals surface area contributed by atoms with Gasteiger partial charge in [0.1, 0.15) is 17.3 Å². The topological polar surface area (TPSA) is 103 Å². The third kappa shape index (κ3) is 4.13. The Hall–Kier alpha value is -3.23. The molecule has 152 valence electrons. The lowest BCUT2D eigenvalue weighted by Crippen LogP contribution is -2.34. The predicted molar refractivity (Wildman–Crippen MR) is 111 cm³/mol. The van der Waals surface area contributed by atoms with Gasteiger partial charge in [-0.2, -0.15) is 4.98 Å². The second-order valence-corrected chi connectivity index (χ2v) is 7.45. The summed E-state index contributed by atoms with van der Waals surface area (Å²) in [5, 5.41) is 5.77. The molecule has 2 aromatic heterocycles. The number of fused-ring (bicyclic) bond motifs is 1. The summed E-state index contributed by atoms with van der Waals surface area (Å²) in [6.45, 7) is 2.10. The second-order valence-electron chi connectivity index (χ2n) is 7.45. The van der Waals surface area contributed by atoms with Gasteiger partial charge in [0.15, 0.2) is 5.82 Å². The fourth-order valence-electron chi connectivity index (χ4n) is 3.94. The van der Waals surface area contributed by atoms with Crippen molar-refractivity contribution in [3.63, 3.8) is 0 Å². The van der Waals surface area contributed by atoms with Gasteiger partial charge in [-0.1, -0.05) is 18.9 Å². The van der Waals surface area contributed by atoms with E-state index in [1.165, 1.54) is 19.8 Å². The molecule has 1 aliphatic heterocycles. The lowest BCUT2D eigenvalue weighted by atomic mass is 10.2. The number of carbonyl (C=O) groups is 2. The lowest BCUT2D eigenvalue weighted by molar-refractivity contribution is -0.118. The maximum Gasteiger partial charge on any atom is 0.230 e. The zero-order valence-electron chi connectivity index (χ0n) is 16.7. The van der Waals surface area contributed by atoms with Crippen LogP contribution in [0, 0.1) is 0 Å². The fourth-order valence-corrected chi connectivity index (χ4v) is 3.94. The van der Waals surface area contributed by atoms with Crippen molar-refractivity contribution in [2.45, 2.75) is 45.1 Å². The highest BCUT2D eigenvalue weighted by Crippen LogP contribution is 2.36. The number of amides is 2. The van der Waals surface area contributed by atoms with E-state index >= 15 is 0 Å². The van der Waals surface area contributed by atoms with Crippen molar-refractivity contribution in [1.29, 1.82) is 0 Å². The Kier molecular flexibility index (Phi) is 5.28. The molecule has 0 aromatic carbocycles. The van der Waals surface area contributed by atoms with Crippen molar-refractivity contribution in [2.24, 2.45) is 0 Å². The van der Waals surface area contributed by atoms with Crippen molar-refractivity contribution in [2.75, 3.05) is 34.0 Å². The summed E-state index contributed by atoms with van der Waals surface area (Å²) < 4.78 is 0. The molecule has 0 bridgehead atoms. The van der Waals surface area contributed by atoms with Crippen molar-refractivity contribution in [1.82, 2.24) is 15.0 Å². The number of nitrogens with one attached hydrogen (secondary N) is 2. The van der Waals surface area contributed by atoms with Gasteiger partial charge in [0, 0.05) is 33.0 Å². The van der Waals surface area contributed by atoms with E-state index in [0.717, 1.165) is 24.3 Å². The SMILES string of the molecule is CC(=O)Nc1cccc(Nc2ncc3c(n2)N(C2CCCC2)CCC(=O)N3C)n1. The highest BCUT2D eigenvalue weighted by atomic mass is 16.2. The van der Waals surface area contributed by atoms with Crippen LogP contribution < -0.4 is 20.4 Å². The Morgan fingerprint density at radius 3 is 2.69 bits per heavy atom. The van der Waals surface area contributed by atoms with Crippen LogP contribution in [0.2, 0.25) is 0 Å². The molecule has 9 nitrogen and oxygen atoms in total. The molecule has 1 saturated carbocycles. The summed E-state index contributed by atoms with van der Waals surface area (Å²) in [5.74, 6) is 2.05. The van der Waals surface area contributed by atoms with Gasteiger partial charge in [-0.05, 0) is 25.0 Å². The zero-order chi connectivity index (χ0) is 20.4. The molecule has 29 heavy (non-hydrogen) atoms. The van der Waals surface area contributed by atoms with Crippen molar-refractivity contribution >= 4 is 40.9 Å². The van der Waals surface area contributed by atoms with Gasteiger partial charge in [-0.25, -0.2) is 9.97 Å². The minimum Gasteiger partial charge on any atom is -0.351 e. The molecule has 2 N–H and O–H groups in total. The quantitative estimate of drug-likeness (QED) is 0.820. The molecular formula is C20H25N7O2. The zero-order valence-corrected chi connectivity index (χ0v) is 16.7. The van der Waals surface area contributed by atoms with E-state index in [9.17, 15) is 9.59 Å². The summed E-state index contributed by atoms with van der Waals surface area (Å²) in [5.41, 5.74) is 0.727. The van der Waals surface area contributed by atoms with Gasteiger partial charge in [-0.3, -0.25) is 9.59 Å². The molecule has 3 heterocycles. The van der Waals surface area contributed by atoms with Crippen molar-refractivity contribution < 1.29 is 9.59 Å². The van der Waals surface area contributed by atoms with E-state index in [0.29, 0.717) is 36.6 Å². The number of nitrogens with zero attached hydrogens (tertiary/aromatic N) is 5. The monoisotopic (exact) mass is 395 g/mol. The van der Waals surface area contributed by atoms with Gasteiger partial charge >= 0.3 is 0 Å². The highest BCUT2D eigenvalue weighted by Gasteiger charge is 2.31. The predicted octanol–water partition coefficient (Wildman–Crippen LogP) is 2.69. The van der Waals surface area contributed by atoms with Gasteiger partial charge in [-0.15, -0.1) is 0 Å². The van der Waals surface area contributed by atoms with Crippen LogP contribution in [0.3, 0.4) is 0 Å². The number of rotatable bonds is 4. The van der Waals surface area contributed by atoms with E-state index < -0.39 is 0 Å². The standard InChI is InChI=1S/C20H25N7O2/c1-13(28)22-16-8-5-9-17(23-16)24-20-21-12-15-19(25-20)27(14-6-3-4-7-14)11-10-18(29)26(15)2/h5,8-9,12,14H,3-4,6-7,10-11H2,1-2H3,(H2,21,22,23,24,25,28). The molecule has 4 rings (SSSR count). The Labute approximate surface area is 169 Å². The Morgan fingerprint density at radius 2 is 1.93 bits per heavy atom. The molecule has 1 fully saturated rings. The van der Waals surface area contributed by atoms with Crippen LogP contribution in [0.5, 0.6) is 0 Å². The first-order valence-corrected chi connectivity index (χ1v) is 9.93. The van der Waals surface area contributed by atoms with Crippen LogP contribution in [0.4, 0.5) is 29.1 Å². The summed E-state index contributed by atoms with van der Waals surface area (Å²) >= 11 is 0. The Morgan fingerprint density at radius 1 is 1.17 bits per heavy atom. The minimum absolute atomic E-state index is 0.0701. The van der Waals surface area contributed by atoms with Crippen molar-refractivity contribution in [3.8, 4) is 0 Å². The fraction of sp³-hybridized carbons (Fsp3) is 0.450. The van der Waals surface area contributed by atoms with Gasteiger partial charge < -0.3 is 20.4 Å². The van der Waals surface area contributed by atoms with Gasteiger partial charge in [0.05, 0.1) is 6.20 Å². The second kappa shape index (κ2) is 8.02. The smallest absolute Gasteiger partial charge is 0.230 e. The Bertz CT molecular complexity index is 927.